The van der Waals surface area contributed by atoms with Gasteiger partial charge in [0, 0.05) is 25.7 Å². The number of carbonyl (C=O) groups excluding carboxylic acids is 3. The Morgan fingerprint density at radius 2 is 1.56 bits per heavy atom. The van der Waals surface area contributed by atoms with Crippen LogP contribution in [0.15, 0.2) is 60.7 Å². The molecule has 0 bridgehead atoms. The highest BCUT2D eigenvalue weighted by Gasteiger charge is 2.36. The van der Waals surface area contributed by atoms with E-state index in [1.54, 1.807) is 18.7 Å². The zero-order chi connectivity index (χ0) is 27.9. The third-order valence-corrected chi connectivity index (χ3v) is 6.98. The van der Waals surface area contributed by atoms with Gasteiger partial charge in [0.25, 0.3) is 5.91 Å². The van der Waals surface area contributed by atoms with Gasteiger partial charge in [-0.15, -0.1) is 0 Å². The van der Waals surface area contributed by atoms with Crippen molar-refractivity contribution in [1.82, 2.24) is 19.8 Å². The first-order valence-corrected chi connectivity index (χ1v) is 13.6. The van der Waals surface area contributed by atoms with Gasteiger partial charge in [-0.05, 0) is 38.3 Å². The number of esters is 1. The lowest BCUT2D eigenvalue weighted by molar-refractivity contribution is -0.136. The SMILES string of the molecule is CCCc1nc(C)nc(C(=O)N2CCN(C(=O)C(c3ccccc3)c3ccccc3)C(C)C2)c1C(=O)OCC. The number of amides is 2. The number of benzene rings is 2. The van der Waals surface area contributed by atoms with Crippen LogP contribution in [-0.4, -0.2) is 69.8 Å². The highest BCUT2D eigenvalue weighted by Crippen LogP contribution is 2.29. The summed E-state index contributed by atoms with van der Waals surface area (Å²) in [5.41, 5.74) is 2.61. The van der Waals surface area contributed by atoms with Gasteiger partial charge >= 0.3 is 5.97 Å². The first kappa shape index (κ1) is 28.0. The Balaban J connectivity index is 1.59. The van der Waals surface area contributed by atoms with Gasteiger partial charge < -0.3 is 14.5 Å². The van der Waals surface area contributed by atoms with E-state index in [1.807, 2.05) is 79.4 Å². The summed E-state index contributed by atoms with van der Waals surface area (Å²) < 4.78 is 5.27. The lowest BCUT2D eigenvalue weighted by Crippen LogP contribution is -2.56. The fraction of sp³-hybridized carbons (Fsp3) is 0.387. The van der Waals surface area contributed by atoms with E-state index < -0.39 is 11.9 Å². The average molecular weight is 529 g/mol. The molecule has 0 spiro atoms. The predicted octanol–water partition coefficient (Wildman–Crippen LogP) is 4.42. The van der Waals surface area contributed by atoms with Crippen molar-refractivity contribution < 1.29 is 19.1 Å². The Morgan fingerprint density at radius 3 is 2.10 bits per heavy atom. The first-order chi connectivity index (χ1) is 18.8. The number of ether oxygens (including phenoxy) is 1. The molecule has 3 aromatic rings. The predicted molar refractivity (Wildman–Crippen MR) is 149 cm³/mol. The van der Waals surface area contributed by atoms with Crippen LogP contribution in [0.5, 0.6) is 0 Å². The van der Waals surface area contributed by atoms with E-state index in [-0.39, 0.29) is 35.7 Å². The number of hydrogen-bond acceptors (Lipinski definition) is 6. The number of piperazine rings is 1. The van der Waals surface area contributed by atoms with Gasteiger partial charge in [-0.25, -0.2) is 14.8 Å². The lowest BCUT2D eigenvalue weighted by atomic mass is 9.89. The molecule has 2 aromatic carbocycles. The summed E-state index contributed by atoms with van der Waals surface area (Å²) in [6.07, 6.45) is 1.30. The van der Waals surface area contributed by atoms with Crippen LogP contribution in [0.2, 0.25) is 0 Å². The van der Waals surface area contributed by atoms with E-state index in [9.17, 15) is 14.4 Å². The second-order valence-corrected chi connectivity index (χ2v) is 9.80. The Labute approximate surface area is 230 Å². The quantitative estimate of drug-likeness (QED) is 0.402. The van der Waals surface area contributed by atoms with Gasteiger partial charge in [0.2, 0.25) is 5.91 Å². The normalized spacial score (nSPS) is 15.4. The van der Waals surface area contributed by atoms with Gasteiger partial charge in [-0.3, -0.25) is 9.59 Å². The van der Waals surface area contributed by atoms with E-state index in [2.05, 4.69) is 9.97 Å². The molecule has 4 rings (SSSR count). The maximum atomic E-state index is 14.0. The van der Waals surface area contributed by atoms with Crippen LogP contribution in [0.25, 0.3) is 0 Å². The van der Waals surface area contributed by atoms with Crippen molar-refractivity contribution in [3.8, 4) is 0 Å². The van der Waals surface area contributed by atoms with Gasteiger partial charge in [-0.2, -0.15) is 0 Å². The summed E-state index contributed by atoms with van der Waals surface area (Å²) in [6, 6.07) is 19.3. The van der Waals surface area contributed by atoms with E-state index in [0.29, 0.717) is 37.6 Å². The largest absolute Gasteiger partial charge is 0.462 e. The molecular formula is C31H36N4O4. The maximum absolute atomic E-state index is 14.0. The van der Waals surface area contributed by atoms with Gasteiger partial charge in [0.05, 0.1) is 18.2 Å². The molecular weight excluding hydrogens is 492 g/mol. The Bertz CT molecular complexity index is 1270. The monoisotopic (exact) mass is 528 g/mol. The first-order valence-electron chi connectivity index (χ1n) is 13.6. The molecule has 1 aliphatic rings. The summed E-state index contributed by atoms with van der Waals surface area (Å²) in [5.74, 6) is -0.927. The molecule has 1 saturated heterocycles. The minimum absolute atomic E-state index is 0.00215. The maximum Gasteiger partial charge on any atom is 0.342 e. The average Bonchev–Trinajstić information content (AvgIpc) is 2.94. The van der Waals surface area contributed by atoms with Crippen LogP contribution in [0.4, 0.5) is 0 Å². The Kier molecular flexibility index (Phi) is 9.07. The summed E-state index contributed by atoms with van der Waals surface area (Å²) in [7, 11) is 0. The smallest absolute Gasteiger partial charge is 0.342 e. The number of hydrogen-bond donors (Lipinski definition) is 0. The van der Waals surface area contributed by atoms with Crippen LogP contribution >= 0.6 is 0 Å². The van der Waals surface area contributed by atoms with Crippen molar-refractivity contribution in [1.29, 1.82) is 0 Å². The van der Waals surface area contributed by atoms with Crippen molar-refractivity contribution in [3.63, 3.8) is 0 Å². The van der Waals surface area contributed by atoms with Crippen LogP contribution in [0, 0.1) is 6.92 Å². The molecule has 0 radical (unpaired) electrons. The number of aromatic nitrogens is 2. The van der Waals surface area contributed by atoms with E-state index in [4.69, 9.17) is 4.74 Å². The summed E-state index contributed by atoms with van der Waals surface area (Å²) in [6.45, 7) is 8.61. The molecule has 39 heavy (non-hydrogen) atoms. The third-order valence-electron chi connectivity index (χ3n) is 6.98. The fourth-order valence-electron chi connectivity index (χ4n) is 5.17. The van der Waals surface area contributed by atoms with E-state index in [0.717, 1.165) is 17.5 Å². The van der Waals surface area contributed by atoms with Gasteiger partial charge in [0.15, 0.2) is 0 Å². The second kappa shape index (κ2) is 12.7. The fourth-order valence-corrected chi connectivity index (χ4v) is 5.17. The highest BCUT2D eigenvalue weighted by molar-refractivity contribution is 6.04. The topological polar surface area (TPSA) is 92.7 Å². The van der Waals surface area contributed by atoms with E-state index in [1.165, 1.54) is 0 Å². The van der Waals surface area contributed by atoms with Crippen molar-refractivity contribution in [3.05, 3.63) is 94.6 Å². The lowest BCUT2D eigenvalue weighted by Gasteiger charge is -2.41. The number of nitrogens with zero attached hydrogens (tertiary/aromatic N) is 4. The Hall–Kier alpha value is -4.07. The highest BCUT2D eigenvalue weighted by atomic mass is 16.5. The van der Waals surface area contributed by atoms with Crippen LogP contribution in [-0.2, 0) is 16.0 Å². The van der Waals surface area contributed by atoms with Crippen LogP contribution in [0.3, 0.4) is 0 Å². The molecule has 8 heteroatoms. The third kappa shape index (κ3) is 6.16. The zero-order valence-electron chi connectivity index (χ0n) is 23.1. The number of aryl methyl sites for hydroxylation is 2. The minimum atomic E-state index is -0.584. The zero-order valence-corrected chi connectivity index (χ0v) is 23.1. The van der Waals surface area contributed by atoms with Crippen LogP contribution < -0.4 is 0 Å². The molecule has 204 valence electrons. The summed E-state index contributed by atoms with van der Waals surface area (Å²) in [4.78, 5) is 53.0. The molecule has 0 aliphatic carbocycles. The Morgan fingerprint density at radius 1 is 0.949 bits per heavy atom. The number of carbonyl (C=O) groups is 3. The molecule has 1 unspecified atom stereocenters. The molecule has 1 aliphatic heterocycles. The van der Waals surface area contributed by atoms with Crippen molar-refractivity contribution in [2.45, 2.75) is 52.5 Å². The molecule has 8 nitrogen and oxygen atoms in total. The minimum Gasteiger partial charge on any atom is -0.462 e. The van der Waals surface area contributed by atoms with Gasteiger partial charge in [0.1, 0.15) is 17.1 Å². The van der Waals surface area contributed by atoms with Gasteiger partial charge in [-0.1, -0.05) is 74.0 Å². The van der Waals surface area contributed by atoms with Crippen LogP contribution in [0.1, 0.15) is 76.6 Å². The molecule has 1 atom stereocenters. The molecule has 1 aromatic heterocycles. The molecule has 2 amide bonds. The van der Waals surface area contributed by atoms with E-state index >= 15 is 0 Å². The number of rotatable bonds is 8. The second-order valence-electron chi connectivity index (χ2n) is 9.80. The van der Waals surface area contributed by atoms with Crippen molar-refractivity contribution in [2.24, 2.45) is 0 Å². The molecule has 1 fully saturated rings. The molecule has 0 N–H and O–H groups in total. The van der Waals surface area contributed by atoms with Crippen molar-refractivity contribution >= 4 is 17.8 Å². The summed E-state index contributed by atoms with van der Waals surface area (Å²) in [5, 5.41) is 0. The molecule has 2 heterocycles. The standard InChI is InChI=1S/C31H36N4O4/c1-5-13-25-27(31(38)39-6-2)28(33-22(4)32-25)30(37)34-18-19-35(21(3)20-34)29(36)26(23-14-9-7-10-15-23)24-16-11-8-12-17-24/h7-12,14-17,21,26H,5-6,13,18-20H2,1-4H3. The van der Waals surface area contributed by atoms with Crippen molar-refractivity contribution in [2.75, 3.05) is 26.2 Å². The molecule has 0 saturated carbocycles. The summed E-state index contributed by atoms with van der Waals surface area (Å²) >= 11 is 0.